The third kappa shape index (κ3) is 2.24. The van der Waals surface area contributed by atoms with E-state index >= 15 is 0 Å². The van der Waals surface area contributed by atoms with Gasteiger partial charge in [-0.15, -0.1) is 0 Å². The molecular weight excluding hydrogens is 232 g/mol. The Kier molecular flexibility index (Phi) is 3.14. The Morgan fingerprint density at radius 3 is 2.56 bits per heavy atom. The van der Waals surface area contributed by atoms with E-state index in [0.717, 1.165) is 0 Å². The van der Waals surface area contributed by atoms with Gasteiger partial charge in [-0.25, -0.2) is 0 Å². The molecule has 0 unspecified atom stereocenters. The molecule has 1 amide bonds. The fourth-order valence-corrected chi connectivity index (χ4v) is 1.58. The number of aromatic amines is 1. The van der Waals surface area contributed by atoms with E-state index in [1.165, 1.54) is 29.3 Å². The minimum absolute atomic E-state index is 0.141. The van der Waals surface area contributed by atoms with Gasteiger partial charge in [0.2, 0.25) is 0 Å². The standard InChI is InChI=1S/C13H12N2O3/c1-15(10-2-4-11(17)5-3-10)13(18)12-6-9(8-16)7-14-12/h2-8,14,17H,1H3. The van der Waals surface area contributed by atoms with Gasteiger partial charge >= 0.3 is 0 Å². The highest BCUT2D eigenvalue weighted by atomic mass is 16.3. The van der Waals surface area contributed by atoms with Crippen molar-refractivity contribution < 1.29 is 14.7 Å². The van der Waals surface area contributed by atoms with Crippen molar-refractivity contribution in [1.29, 1.82) is 0 Å². The van der Waals surface area contributed by atoms with Gasteiger partial charge in [0.15, 0.2) is 6.29 Å². The first kappa shape index (κ1) is 11.9. The number of aldehydes is 1. The smallest absolute Gasteiger partial charge is 0.274 e. The van der Waals surface area contributed by atoms with Gasteiger partial charge in [0, 0.05) is 24.5 Å². The Balaban J connectivity index is 2.22. The molecule has 18 heavy (non-hydrogen) atoms. The highest BCUT2D eigenvalue weighted by Crippen LogP contribution is 2.18. The van der Waals surface area contributed by atoms with Crippen LogP contribution in [-0.4, -0.2) is 29.3 Å². The second kappa shape index (κ2) is 4.75. The molecule has 0 saturated heterocycles. The van der Waals surface area contributed by atoms with E-state index in [-0.39, 0.29) is 11.7 Å². The second-order valence-corrected chi connectivity index (χ2v) is 3.85. The number of phenolic OH excluding ortho intramolecular Hbond substituents is 1. The summed E-state index contributed by atoms with van der Waals surface area (Å²) in [5.41, 5.74) is 1.42. The first-order valence-electron chi connectivity index (χ1n) is 5.32. The molecule has 5 heteroatoms. The number of hydrogen-bond donors (Lipinski definition) is 2. The topological polar surface area (TPSA) is 73.4 Å². The van der Waals surface area contributed by atoms with Crippen LogP contribution in [0.25, 0.3) is 0 Å². The molecule has 2 aromatic rings. The third-order valence-electron chi connectivity index (χ3n) is 2.61. The van der Waals surface area contributed by atoms with Crippen LogP contribution in [0.2, 0.25) is 0 Å². The van der Waals surface area contributed by atoms with Crippen molar-refractivity contribution in [3.63, 3.8) is 0 Å². The summed E-state index contributed by atoms with van der Waals surface area (Å²) < 4.78 is 0. The van der Waals surface area contributed by atoms with Gasteiger partial charge in [0.1, 0.15) is 11.4 Å². The normalized spacial score (nSPS) is 10.1. The number of anilines is 1. The number of nitrogens with one attached hydrogen (secondary N) is 1. The van der Waals surface area contributed by atoms with Gasteiger partial charge in [-0.2, -0.15) is 0 Å². The molecule has 0 spiro atoms. The largest absolute Gasteiger partial charge is 0.508 e. The summed E-state index contributed by atoms with van der Waals surface area (Å²) in [7, 11) is 1.62. The number of benzene rings is 1. The lowest BCUT2D eigenvalue weighted by Gasteiger charge is -2.16. The van der Waals surface area contributed by atoms with Crippen LogP contribution in [0.5, 0.6) is 5.75 Å². The van der Waals surface area contributed by atoms with Crippen LogP contribution in [0.1, 0.15) is 20.8 Å². The van der Waals surface area contributed by atoms with Crippen molar-refractivity contribution in [2.24, 2.45) is 0 Å². The van der Waals surface area contributed by atoms with Gasteiger partial charge in [0.05, 0.1) is 0 Å². The zero-order chi connectivity index (χ0) is 13.1. The Labute approximate surface area is 104 Å². The van der Waals surface area contributed by atoms with Crippen LogP contribution in [0.3, 0.4) is 0 Å². The first-order valence-corrected chi connectivity index (χ1v) is 5.32. The molecule has 0 fully saturated rings. The molecule has 0 saturated carbocycles. The van der Waals surface area contributed by atoms with Crippen LogP contribution >= 0.6 is 0 Å². The molecule has 1 aromatic carbocycles. The van der Waals surface area contributed by atoms with Crippen LogP contribution in [0.4, 0.5) is 5.69 Å². The Morgan fingerprint density at radius 2 is 2.00 bits per heavy atom. The van der Waals surface area contributed by atoms with Gasteiger partial charge in [-0.1, -0.05) is 0 Å². The highest BCUT2D eigenvalue weighted by Gasteiger charge is 2.15. The molecule has 5 nitrogen and oxygen atoms in total. The van der Waals surface area contributed by atoms with Crippen molar-refractivity contribution in [1.82, 2.24) is 4.98 Å². The molecule has 0 atom stereocenters. The number of carbonyl (C=O) groups is 2. The summed E-state index contributed by atoms with van der Waals surface area (Å²) in [6.45, 7) is 0. The molecule has 2 rings (SSSR count). The number of rotatable bonds is 3. The molecule has 0 aliphatic rings. The predicted octanol–water partition coefficient (Wildman–Crippen LogP) is 1.81. The van der Waals surface area contributed by atoms with Gasteiger partial charge < -0.3 is 15.0 Å². The average molecular weight is 244 g/mol. The monoisotopic (exact) mass is 244 g/mol. The van der Waals surface area contributed by atoms with Gasteiger partial charge in [0.25, 0.3) is 5.91 Å². The van der Waals surface area contributed by atoms with Crippen LogP contribution in [0.15, 0.2) is 36.5 Å². The Morgan fingerprint density at radius 1 is 1.33 bits per heavy atom. The lowest BCUT2D eigenvalue weighted by Crippen LogP contribution is -2.26. The molecule has 2 N–H and O–H groups in total. The second-order valence-electron chi connectivity index (χ2n) is 3.85. The van der Waals surface area contributed by atoms with E-state index in [1.807, 2.05) is 0 Å². The number of phenols is 1. The van der Waals surface area contributed by atoms with Crippen molar-refractivity contribution in [2.75, 3.05) is 11.9 Å². The van der Waals surface area contributed by atoms with Crippen LogP contribution in [0, 0.1) is 0 Å². The lowest BCUT2D eigenvalue weighted by molar-refractivity contribution is 0.0988. The summed E-state index contributed by atoms with van der Waals surface area (Å²) in [5, 5.41) is 9.18. The van der Waals surface area contributed by atoms with E-state index in [2.05, 4.69) is 4.98 Å². The number of H-pyrrole nitrogens is 1. The third-order valence-corrected chi connectivity index (χ3v) is 2.61. The summed E-state index contributed by atoms with van der Waals surface area (Å²) in [6, 6.07) is 7.77. The van der Waals surface area contributed by atoms with Crippen LogP contribution in [-0.2, 0) is 0 Å². The highest BCUT2D eigenvalue weighted by molar-refractivity contribution is 6.05. The van der Waals surface area contributed by atoms with Crippen molar-refractivity contribution in [3.8, 4) is 5.75 Å². The maximum absolute atomic E-state index is 12.1. The molecule has 0 aliphatic carbocycles. The number of aromatic hydroxyl groups is 1. The molecule has 1 aromatic heterocycles. The molecule has 1 heterocycles. The fourth-order valence-electron chi connectivity index (χ4n) is 1.58. The van der Waals surface area contributed by atoms with E-state index in [1.54, 1.807) is 19.2 Å². The molecule has 92 valence electrons. The minimum atomic E-state index is -0.256. The molecule has 0 aliphatic heterocycles. The average Bonchev–Trinajstić information content (AvgIpc) is 2.86. The number of carbonyl (C=O) groups excluding carboxylic acids is 2. The zero-order valence-electron chi connectivity index (χ0n) is 9.75. The number of amides is 1. The van der Waals surface area contributed by atoms with Crippen molar-refractivity contribution in [2.45, 2.75) is 0 Å². The minimum Gasteiger partial charge on any atom is -0.508 e. The van der Waals surface area contributed by atoms with E-state index in [9.17, 15) is 14.7 Å². The number of aromatic nitrogens is 1. The summed E-state index contributed by atoms with van der Waals surface area (Å²) in [6.07, 6.45) is 2.15. The van der Waals surface area contributed by atoms with Crippen LogP contribution < -0.4 is 4.90 Å². The number of hydrogen-bond acceptors (Lipinski definition) is 3. The maximum Gasteiger partial charge on any atom is 0.274 e. The summed E-state index contributed by atoms with van der Waals surface area (Å²) >= 11 is 0. The lowest BCUT2D eigenvalue weighted by atomic mass is 10.2. The quantitative estimate of drug-likeness (QED) is 0.809. The maximum atomic E-state index is 12.1. The van der Waals surface area contributed by atoms with Gasteiger partial charge in [-0.05, 0) is 30.3 Å². The SMILES string of the molecule is CN(C(=O)c1cc(C=O)c[nH]1)c1ccc(O)cc1. The van der Waals surface area contributed by atoms with Crippen molar-refractivity contribution >= 4 is 17.9 Å². The molecular formula is C13H12N2O3. The van der Waals surface area contributed by atoms with E-state index in [0.29, 0.717) is 23.2 Å². The van der Waals surface area contributed by atoms with Gasteiger partial charge in [-0.3, -0.25) is 9.59 Å². The molecule has 0 bridgehead atoms. The Bertz CT molecular complexity index is 572. The van der Waals surface area contributed by atoms with E-state index in [4.69, 9.17) is 0 Å². The summed E-state index contributed by atoms with van der Waals surface area (Å²) in [5.74, 6) is -0.114. The summed E-state index contributed by atoms with van der Waals surface area (Å²) in [4.78, 5) is 26.8. The molecule has 0 radical (unpaired) electrons. The zero-order valence-corrected chi connectivity index (χ0v) is 9.75. The fraction of sp³-hybridized carbons (Fsp3) is 0.0769. The first-order chi connectivity index (χ1) is 8.61. The predicted molar refractivity (Wildman–Crippen MR) is 67.0 cm³/mol. The van der Waals surface area contributed by atoms with Crippen molar-refractivity contribution in [3.05, 3.63) is 47.8 Å². The van der Waals surface area contributed by atoms with E-state index < -0.39 is 0 Å². The Hall–Kier alpha value is -2.56. The number of nitrogens with zero attached hydrogens (tertiary/aromatic N) is 1.